The van der Waals surface area contributed by atoms with Gasteiger partial charge in [-0.05, 0) is 59.7 Å². The zero-order valence-corrected chi connectivity index (χ0v) is 19.9. The van der Waals surface area contributed by atoms with E-state index in [-0.39, 0.29) is 23.0 Å². The lowest BCUT2D eigenvalue weighted by atomic mass is 10.0. The van der Waals surface area contributed by atoms with Gasteiger partial charge in [0.2, 0.25) is 5.16 Å². The first-order valence-electron chi connectivity index (χ1n) is 11.2. The van der Waals surface area contributed by atoms with Crippen LogP contribution in [0.25, 0.3) is 33.6 Å². The smallest absolute Gasteiger partial charge is 0.210 e. The van der Waals surface area contributed by atoms with Crippen molar-refractivity contribution in [1.82, 2.24) is 15.2 Å². The summed E-state index contributed by atoms with van der Waals surface area (Å²) in [6.07, 6.45) is 0. The molecular formula is C29H21N3O3S. The number of aromatic hydroxyl groups is 2. The number of Topliss-reactive ketones (excluding diaryl/α,β-unsaturated/α-hetero) is 1. The molecule has 0 unspecified atom stereocenters. The van der Waals surface area contributed by atoms with Crippen LogP contribution in [0.3, 0.4) is 0 Å². The van der Waals surface area contributed by atoms with Gasteiger partial charge in [0.05, 0.1) is 5.75 Å². The summed E-state index contributed by atoms with van der Waals surface area (Å²) < 4.78 is 0. The van der Waals surface area contributed by atoms with Gasteiger partial charge in [0.25, 0.3) is 0 Å². The summed E-state index contributed by atoms with van der Waals surface area (Å²) in [6, 6.07) is 30.8. The fourth-order valence-electron chi connectivity index (χ4n) is 3.70. The van der Waals surface area contributed by atoms with Crippen LogP contribution in [0.1, 0.15) is 10.4 Å². The van der Waals surface area contributed by atoms with Crippen LogP contribution in [0.5, 0.6) is 11.5 Å². The Balaban J connectivity index is 1.37. The van der Waals surface area contributed by atoms with E-state index in [9.17, 15) is 15.0 Å². The molecule has 176 valence electrons. The third-order valence-corrected chi connectivity index (χ3v) is 6.43. The minimum atomic E-state index is -0.0305. The van der Waals surface area contributed by atoms with Crippen molar-refractivity contribution in [3.63, 3.8) is 0 Å². The standard InChI is InChI=1S/C29H21N3O3S/c33-24-14-10-22(11-15-24)27-28(23-12-16-25(34)17-13-23)31-32-29(30-27)36-18-26(35)21-8-6-20(7-9-21)19-4-2-1-3-5-19/h1-17,33-34H,18H2. The quantitative estimate of drug-likeness (QED) is 0.205. The molecule has 2 N–H and O–H groups in total. The first-order chi connectivity index (χ1) is 17.6. The summed E-state index contributed by atoms with van der Waals surface area (Å²) in [6.45, 7) is 0. The van der Waals surface area contributed by atoms with Gasteiger partial charge in [-0.15, -0.1) is 10.2 Å². The van der Waals surface area contributed by atoms with Crippen molar-refractivity contribution in [1.29, 1.82) is 0 Å². The van der Waals surface area contributed by atoms with Crippen LogP contribution in [-0.2, 0) is 0 Å². The Labute approximate surface area is 212 Å². The Hall–Kier alpha value is -4.49. The van der Waals surface area contributed by atoms with E-state index < -0.39 is 0 Å². The third kappa shape index (κ3) is 5.26. The Kier molecular flexibility index (Phi) is 6.73. The maximum Gasteiger partial charge on any atom is 0.210 e. The SMILES string of the molecule is O=C(CSc1nnc(-c2ccc(O)cc2)c(-c2ccc(O)cc2)n1)c1ccc(-c2ccccc2)cc1. The van der Waals surface area contributed by atoms with Crippen molar-refractivity contribution in [2.24, 2.45) is 0 Å². The van der Waals surface area contributed by atoms with Crippen molar-refractivity contribution in [3.8, 4) is 45.1 Å². The van der Waals surface area contributed by atoms with E-state index >= 15 is 0 Å². The summed E-state index contributed by atoms with van der Waals surface area (Å²) in [5.74, 6) is 0.427. The second-order valence-corrected chi connectivity index (χ2v) is 8.98. The Morgan fingerprint density at radius 1 is 0.611 bits per heavy atom. The lowest BCUT2D eigenvalue weighted by Crippen LogP contribution is -2.05. The molecule has 0 atom stereocenters. The topological polar surface area (TPSA) is 96.2 Å². The number of carbonyl (C=O) groups is 1. The number of phenolic OH excluding ortho intramolecular Hbond substituents is 2. The van der Waals surface area contributed by atoms with Gasteiger partial charge in [-0.1, -0.05) is 66.4 Å². The summed E-state index contributed by atoms with van der Waals surface area (Å²) in [7, 11) is 0. The summed E-state index contributed by atoms with van der Waals surface area (Å²) in [4.78, 5) is 17.5. The van der Waals surface area contributed by atoms with Crippen molar-refractivity contribution >= 4 is 17.5 Å². The van der Waals surface area contributed by atoms with Crippen molar-refractivity contribution in [2.45, 2.75) is 5.16 Å². The summed E-state index contributed by atoms with van der Waals surface area (Å²) in [5.41, 5.74) is 5.36. The molecule has 0 aliphatic carbocycles. The molecule has 0 aliphatic heterocycles. The van der Waals surface area contributed by atoms with E-state index in [0.29, 0.717) is 22.1 Å². The highest BCUT2D eigenvalue weighted by atomic mass is 32.2. The molecule has 36 heavy (non-hydrogen) atoms. The number of ketones is 1. The molecule has 4 aromatic carbocycles. The Morgan fingerprint density at radius 3 is 1.75 bits per heavy atom. The van der Waals surface area contributed by atoms with Gasteiger partial charge in [0, 0.05) is 16.7 Å². The third-order valence-electron chi connectivity index (χ3n) is 5.60. The minimum Gasteiger partial charge on any atom is -0.508 e. The van der Waals surface area contributed by atoms with Gasteiger partial charge in [-0.3, -0.25) is 4.79 Å². The number of rotatable bonds is 7. The maximum absolute atomic E-state index is 12.8. The van der Waals surface area contributed by atoms with Crippen molar-refractivity contribution in [3.05, 3.63) is 109 Å². The van der Waals surface area contributed by atoms with E-state index in [2.05, 4.69) is 15.2 Å². The molecule has 0 radical (unpaired) electrons. The average molecular weight is 492 g/mol. The Morgan fingerprint density at radius 2 is 1.14 bits per heavy atom. The van der Waals surface area contributed by atoms with E-state index in [4.69, 9.17) is 0 Å². The molecular weight excluding hydrogens is 470 g/mol. The minimum absolute atomic E-state index is 0.0305. The van der Waals surface area contributed by atoms with Crippen LogP contribution in [-0.4, -0.2) is 36.9 Å². The molecule has 0 aliphatic rings. The lowest BCUT2D eigenvalue weighted by molar-refractivity contribution is 0.102. The van der Waals surface area contributed by atoms with Gasteiger partial charge < -0.3 is 10.2 Å². The highest BCUT2D eigenvalue weighted by Gasteiger charge is 2.16. The highest BCUT2D eigenvalue weighted by molar-refractivity contribution is 7.99. The van der Waals surface area contributed by atoms with E-state index in [1.807, 2.05) is 54.6 Å². The van der Waals surface area contributed by atoms with Gasteiger partial charge in [0.15, 0.2) is 5.78 Å². The predicted molar refractivity (Wildman–Crippen MR) is 141 cm³/mol. The number of nitrogens with zero attached hydrogens (tertiary/aromatic N) is 3. The molecule has 5 rings (SSSR count). The normalized spacial score (nSPS) is 10.8. The predicted octanol–water partition coefficient (Wildman–Crippen LogP) is 6.26. The van der Waals surface area contributed by atoms with Crippen LogP contribution >= 0.6 is 11.8 Å². The number of hydrogen-bond donors (Lipinski definition) is 2. The van der Waals surface area contributed by atoms with Gasteiger partial charge >= 0.3 is 0 Å². The largest absolute Gasteiger partial charge is 0.508 e. The van der Waals surface area contributed by atoms with Crippen LogP contribution in [0.2, 0.25) is 0 Å². The number of benzene rings is 4. The second kappa shape index (κ2) is 10.4. The summed E-state index contributed by atoms with van der Waals surface area (Å²) in [5, 5.41) is 28.3. The number of aromatic nitrogens is 3. The molecule has 6 nitrogen and oxygen atoms in total. The molecule has 0 saturated carbocycles. The molecule has 1 aromatic heterocycles. The summed E-state index contributed by atoms with van der Waals surface area (Å²) >= 11 is 1.22. The average Bonchev–Trinajstić information content (AvgIpc) is 2.93. The van der Waals surface area contributed by atoms with Crippen molar-refractivity contribution < 1.29 is 15.0 Å². The van der Waals surface area contributed by atoms with E-state index in [1.165, 1.54) is 11.8 Å². The molecule has 1 heterocycles. The second-order valence-electron chi connectivity index (χ2n) is 8.04. The molecule has 0 saturated heterocycles. The van der Waals surface area contributed by atoms with E-state index in [1.54, 1.807) is 48.5 Å². The molecule has 5 aromatic rings. The molecule has 0 amide bonds. The zero-order chi connectivity index (χ0) is 24.9. The van der Waals surface area contributed by atoms with Crippen LogP contribution in [0.15, 0.2) is 108 Å². The molecule has 0 spiro atoms. The highest BCUT2D eigenvalue weighted by Crippen LogP contribution is 2.31. The maximum atomic E-state index is 12.8. The van der Waals surface area contributed by atoms with Gasteiger partial charge in [0.1, 0.15) is 22.9 Å². The monoisotopic (exact) mass is 491 g/mol. The fourth-order valence-corrected chi connectivity index (χ4v) is 4.38. The molecule has 0 bridgehead atoms. The first-order valence-corrected chi connectivity index (χ1v) is 12.2. The van der Waals surface area contributed by atoms with Crippen molar-refractivity contribution in [2.75, 3.05) is 5.75 Å². The van der Waals surface area contributed by atoms with Gasteiger partial charge in [-0.25, -0.2) is 4.98 Å². The lowest BCUT2D eigenvalue weighted by Gasteiger charge is -2.10. The van der Waals surface area contributed by atoms with E-state index in [0.717, 1.165) is 22.3 Å². The van der Waals surface area contributed by atoms with Gasteiger partial charge in [-0.2, -0.15) is 0 Å². The number of phenols is 2. The van der Waals surface area contributed by atoms with Crippen LogP contribution in [0, 0.1) is 0 Å². The molecule has 7 heteroatoms. The number of thioether (sulfide) groups is 1. The number of hydrogen-bond acceptors (Lipinski definition) is 7. The van der Waals surface area contributed by atoms with Crippen LogP contribution < -0.4 is 0 Å². The first kappa shape index (κ1) is 23.3. The molecule has 0 fully saturated rings. The zero-order valence-electron chi connectivity index (χ0n) is 19.1. The Bertz CT molecular complexity index is 1490. The van der Waals surface area contributed by atoms with Crippen LogP contribution in [0.4, 0.5) is 0 Å². The fraction of sp³-hybridized carbons (Fsp3) is 0.0345. The number of carbonyl (C=O) groups excluding carboxylic acids is 1.